The van der Waals surface area contributed by atoms with Gasteiger partial charge in [-0.3, -0.25) is 9.59 Å². The number of hydrogen-bond acceptors (Lipinski definition) is 3. The van der Waals surface area contributed by atoms with Crippen LogP contribution in [0.25, 0.3) is 0 Å². The zero-order valence-electron chi connectivity index (χ0n) is 12.7. The first-order chi connectivity index (χ1) is 8.86. The first-order valence-corrected chi connectivity index (χ1v) is 7.11. The number of rotatable bonds is 9. The second-order valence-corrected chi connectivity index (χ2v) is 5.73. The average Bonchev–Trinajstić information content (AvgIpc) is 2.34. The summed E-state index contributed by atoms with van der Waals surface area (Å²) in [5, 5.41) is 2.53. The van der Waals surface area contributed by atoms with Gasteiger partial charge in [0.05, 0.1) is 13.1 Å². The molecule has 0 rings (SSSR count). The van der Waals surface area contributed by atoms with Crippen LogP contribution in [0.4, 0.5) is 0 Å². The molecule has 19 heavy (non-hydrogen) atoms. The monoisotopic (exact) mass is 271 g/mol. The van der Waals surface area contributed by atoms with Gasteiger partial charge in [0.15, 0.2) is 0 Å². The van der Waals surface area contributed by atoms with Crippen molar-refractivity contribution in [3.05, 3.63) is 0 Å². The third kappa shape index (κ3) is 9.47. The third-order valence-corrected chi connectivity index (χ3v) is 2.93. The molecule has 0 aliphatic rings. The van der Waals surface area contributed by atoms with Gasteiger partial charge in [0.1, 0.15) is 0 Å². The Bertz CT molecular complexity index is 266. The summed E-state index contributed by atoms with van der Waals surface area (Å²) in [6, 6.07) is 0. The zero-order valence-corrected chi connectivity index (χ0v) is 12.7. The van der Waals surface area contributed by atoms with Crippen LogP contribution < -0.4 is 11.1 Å². The Balaban J connectivity index is 4.27. The number of carbonyl (C=O) groups excluding carboxylic acids is 2. The molecule has 0 heterocycles. The van der Waals surface area contributed by atoms with Gasteiger partial charge in [-0.2, -0.15) is 0 Å². The third-order valence-electron chi connectivity index (χ3n) is 2.93. The normalized spacial score (nSPS) is 10.9. The summed E-state index contributed by atoms with van der Waals surface area (Å²) in [6.07, 6.45) is 1.96. The number of hydrogen-bond donors (Lipinski definition) is 2. The molecule has 0 fully saturated rings. The largest absolute Gasteiger partial charge is 0.346 e. The number of nitrogens with zero attached hydrogens (tertiary/aromatic N) is 1. The topological polar surface area (TPSA) is 75.4 Å². The van der Waals surface area contributed by atoms with Crippen LogP contribution in [0.5, 0.6) is 0 Å². The Kier molecular flexibility index (Phi) is 9.21. The maximum atomic E-state index is 12.1. The van der Waals surface area contributed by atoms with Crippen molar-refractivity contribution in [3.8, 4) is 0 Å². The smallest absolute Gasteiger partial charge is 0.241 e. The Morgan fingerprint density at radius 3 is 1.89 bits per heavy atom. The van der Waals surface area contributed by atoms with Gasteiger partial charge in [-0.05, 0) is 24.7 Å². The molecule has 0 aliphatic carbocycles. The van der Waals surface area contributed by atoms with Gasteiger partial charge in [0, 0.05) is 13.1 Å². The van der Waals surface area contributed by atoms with Crippen molar-refractivity contribution in [2.45, 2.75) is 40.5 Å². The fraction of sp³-hybridized carbons (Fsp3) is 0.857. The van der Waals surface area contributed by atoms with Gasteiger partial charge in [-0.1, -0.05) is 27.7 Å². The highest BCUT2D eigenvalue weighted by atomic mass is 16.2. The lowest BCUT2D eigenvalue weighted by Gasteiger charge is -2.24. The Labute approximate surface area is 116 Å². The molecule has 5 nitrogen and oxygen atoms in total. The molecule has 0 aromatic carbocycles. The van der Waals surface area contributed by atoms with Crippen LogP contribution in [-0.4, -0.2) is 42.9 Å². The average molecular weight is 271 g/mol. The van der Waals surface area contributed by atoms with E-state index >= 15 is 0 Å². The molecule has 0 radical (unpaired) electrons. The van der Waals surface area contributed by atoms with Crippen LogP contribution >= 0.6 is 0 Å². The lowest BCUT2D eigenvalue weighted by atomic mass is 10.1. The maximum absolute atomic E-state index is 12.1. The van der Waals surface area contributed by atoms with Gasteiger partial charge < -0.3 is 16.0 Å². The molecule has 0 saturated heterocycles. The van der Waals surface area contributed by atoms with Gasteiger partial charge in [-0.15, -0.1) is 0 Å². The van der Waals surface area contributed by atoms with Crippen molar-refractivity contribution in [1.82, 2.24) is 10.2 Å². The van der Waals surface area contributed by atoms with Crippen LogP contribution in [0.3, 0.4) is 0 Å². The molecule has 0 aromatic heterocycles. The van der Waals surface area contributed by atoms with Crippen LogP contribution in [-0.2, 0) is 9.59 Å². The molecular weight excluding hydrogens is 242 g/mol. The molecular formula is C14H29N3O2. The Morgan fingerprint density at radius 2 is 1.53 bits per heavy atom. The van der Waals surface area contributed by atoms with Gasteiger partial charge in [0.2, 0.25) is 11.8 Å². The summed E-state index contributed by atoms with van der Waals surface area (Å²) in [5.41, 5.74) is 5.19. The fourth-order valence-corrected chi connectivity index (χ4v) is 1.55. The molecule has 0 saturated carbocycles. The summed E-state index contributed by atoms with van der Waals surface area (Å²) in [6.45, 7) is 10.0. The zero-order chi connectivity index (χ0) is 14.8. The second-order valence-electron chi connectivity index (χ2n) is 5.73. The molecule has 0 atom stereocenters. The van der Waals surface area contributed by atoms with Crippen LogP contribution in [0, 0.1) is 11.8 Å². The molecule has 3 N–H and O–H groups in total. The minimum Gasteiger partial charge on any atom is -0.346 e. The van der Waals surface area contributed by atoms with Crippen LogP contribution in [0.15, 0.2) is 0 Å². The van der Waals surface area contributed by atoms with Crippen LogP contribution in [0.2, 0.25) is 0 Å². The van der Waals surface area contributed by atoms with Crippen molar-refractivity contribution >= 4 is 11.8 Å². The number of nitrogens with two attached hydrogens (primary N) is 1. The lowest BCUT2D eigenvalue weighted by molar-refractivity contribution is -0.132. The molecule has 0 bridgehead atoms. The van der Waals surface area contributed by atoms with Gasteiger partial charge in [-0.25, -0.2) is 0 Å². The highest BCUT2D eigenvalue weighted by molar-refractivity contribution is 5.85. The second kappa shape index (κ2) is 9.78. The molecule has 112 valence electrons. The van der Waals surface area contributed by atoms with E-state index in [1.807, 2.05) is 4.90 Å². The summed E-state index contributed by atoms with van der Waals surface area (Å²) in [7, 11) is 0. The highest BCUT2D eigenvalue weighted by Crippen LogP contribution is 2.06. The van der Waals surface area contributed by atoms with E-state index < -0.39 is 0 Å². The molecule has 0 unspecified atom stereocenters. The van der Waals surface area contributed by atoms with E-state index in [2.05, 4.69) is 33.0 Å². The standard InChI is InChI=1S/C14H29N3O2/c1-11(2)5-7-17(8-6-12(3)4)14(19)10-16-13(18)9-15/h11-12H,5-10,15H2,1-4H3,(H,16,18). The predicted octanol–water partition coefficient (Wildman–Crippen LogP) is 0.982. The summed E-state index contributed by atoms with van der Waals surface area (Å²) >= 11 is 0. The molecule has 5 heteroatoms. The van der Waals surface area contributed by atoms with Crippen molar-refractivity contribution in [1.29, 1.82) is 0 Å². The summed E-state index contributed by atoms with van der Waals surface area (Å²) in [4.78, 5) is 25.0. The lowest BCUT2D eigenvalue weighted by Crippen LogP contribution is -2.43. The molecule has 0 aromatic rings. The van der Waals surface area contributed by atoms with Crippen molar-refractivity contribution in [2.75, 3.05) is 26.2 Å². The van der Waals surface area contributed by atoms with Crippen molar-refractivity contribution < 1.29 is 9.59 Å². The highest BCUT2D eigenvalue weighted by Gasteiger charge is 2.14. The van der Waals surface area contributed by atoms with E-state index in [1.54, 1.807) is 0 Å². The Hall–Kier alpha value is -1.10. The first kappa shape index (κ1) is 17.9. The van der Waals surface area contributed by atoms with E-state index in [9.17, 15) is 9.59 Å². The van der Waals surface area contributed by atoms with E-state index in [0.717, 1.165) is 25.9 Å². The van der Waals surface area contributed by atoms with E-state index in [4.69, 9.17) is 5.73 Å². The Morgan fingerprint density at radius 1 is 1.05 bits per heavy atom. The van der Waals surface area contributed by atoms with Crippen molar-refractivity contribution in [3.63, 3.8) is 0 Å². The van der Waals surface area contributed by atoms with Gasteiger partial charge in [0.25, 0.3) is 0 Å². The molecule has 0 spiro atoms. The molecule has 0 aliphatic heterocycles. The number of amides is 2. The number of carbonyl (C=O) groups is 2. The fourth-order valence-electron chi connectivity index (χ4n) is 1.55. The first-order valence-electron chi connectivity index (χ1n) is 7.11. The SMILES string of the molecule is CC(C)CCN(CCC(C)C)C(=O)CNC(=O)CN. The summed E-state index contributed by atoms with van der Waals surface area (Å²) in [5.74, 6) is 0.810. The van der Waals surface area contributed by atoms with E-state index in [1.165, 1.54) is 0 Å². The van der Waals surface area contributed by atoms with E-state index in [0.29, 0.717) is 11.8 Å². The predicted molar refractivity (Wildman–Crippen MR) is 77.6 cm³/mol. The summed E-state index contributed by atoms with van der Waals surface area (Å²) < 4.78 is 0. The molecule has 2 amide bonds. The minimum atomic E-state index is -0.291. The van der Waals surface area contributed by atoms with Crippen LogP contribution in [0.1, 0.15) is 40.5 Å². The minimum absolute atomic E-state index is 0.0249. The van der Waals surface area contributed by atoms with Gasteiger partial charge >= 0.3 is 0 Å². The maximum Gasteiger partial charge on any atom is 0.241 e. The number of nitrogens with one attached hydrogen (secondary N) is 1. The van der Waals surface area contributed by atoms with E-state index in [-0.39, 0.29) is 24.9 Å². The quantitative estimate of drug-likeness (QED) is 0.656. The van der Waals surface area contributed by atoms with Crippen molar-refractivity contribution in [2.24, 2.45) is 17.6 Å².